The van der Waals surface area contributed by atoms with Crippen LogP contribution in [-0.2, 0) is 4.79 Å². The number of halogens is 3. The molecular weight excluding hydrogens is 231 g/mol. The van der Waals surface area contributed by atoms with Crippen molar-refractivity contribution in [2.45, 2.75) is 33.4 Å². The Morgan fingerprint density at radius 1 is 1.18 bits per heavy atom. The molecule has 0 N–H and O–H groups in total. The first-order valence-corrected chi connectivity index (χ1v) is 5.98. The molecule has 1 amide bonds. The van der Waals surface area contributed by atoms with Crippen molar-refractivity contribution in [2.24, 2.45) is 23.2 Å². The highest BCUT2D eigenvalue weighted by Gasteiger charge is 2.65. The van der Waals surface area contributed by atoms with E-state index in [1.807, 2.05) is 0 Å². The van der Waals surface area contributed by atoms with E-state index in [1.165, 1.54) is 0 Å². The molecule has 1 heterocycles. The summed E-state index contributed by atoms with van der Waals surface area (Å²) in [6, 6.07) is 0. The van der Waals surface area contributed by atoms with Gasteiger partial charge in [-0.1, -0.05) is 20.8 Å². The lowest BCUT2D eigenvalue weighted by Gasteiger charge is -2.32. The van der Waals surface area contributed by atoms with Crippen molar-refractivity contribution in [3.63, 3.8) is 0 Å². The molecule has 0 aromatic carbocycles. The van der Waals surface area contributed by atoms with E-state index in [0.717, 1.165) is 0 Å². The molecule has 1 saturated heterocycles. The summed E-state index contributed by atoms with van der Waals surface area (Å²) in [5.41, 5.74) is -0.505. The van der Waals surface area contributed by atoms with Gasteiger partial charge in [-0.25, -0.2) is 0 Å². The Bertz CT molecular complexity index is 332. The van der Waals surface area contributed by atoms with E-state index in [-0.39, 0.29) is 24.3 Å². The number of rotatable bonds is 0. The van der Waals surface area contributed by atoms with Gasteiger partial charge in [0, 0.05) is 18.5 Å². The number of amides is 1. The van der Waals surface area contributed by atoms with Gasteiger partial charge in [-0.2, -0.15) is 13.2 Å². The lowest BCUT2D eigenvalue weighted by atomic mass is 9.93. The van der Waals surface area contributed by atoms with Crippen LogP contribution < -0.4 is 0 Å². The Balaban J connectivity index is 1.99. The molecule has 2 nitrogen and oxygen atoms in total. The van der Waals surface area contributed by atoms with Crippen molar-refractivity contribution in [1.29, 1.82) is 0 Å². The van der Waals surface area contributed by atoms with Gasteiger partial charge in [0.05, 0.1) is 5.92 Å². The van der Waals surface area contributed by atoms with Gasteiger partial charge in [0.25, 0.3) is 0 Å². The predicted molar refractivity (Wildman–Crippen MR) is 57.2 cm³/mol. The third-order valence-corrected chi connectivity index (χ3v) is 3.80. The van der Waals surface area contributed by atoms with Crippen LogP contribution in [0.15, 0.2) is 0 Å². The highest BCUT2D eigenvalue weighted by atomic mass is 19.4. The first-order valence-electron chi connectivity index (χ1n) is 5.98. The summed E-state index contributed by atoms with van der Waals surface area (Å²) in [5, 5.41) is 0. The minimum Gasteiger partial charge on any atom is -0.342 e. The summed E-state index contributed by atoms with van der Waals surface area (Å²) >= 11 is 0. The fraction of sp³-hybridized carbons (Fsp3) is 0.917. The van der Waals surface area contributed by atoms with Gasteiger partial charge in [-0.05, 0) is 18.3 Å². The predicted octanol–water partition coefficient (Wildman–Crippen LogP) is 2.69. The molecule has 3 unspecified atom stereocenters. The highest BCUT2D eigenvalue weighted by Crippen LogP contribution is 2.59. The number of hydrogen-bond donors (Lipinski definition) is 0. The number of fused-ring (bicyclic) bond motifs is 1. The van der Waals surface area contributed by atoms with Crippen molar-refractivity contribution in [2.75, 3.05) is 13.1 Å². The molecular formula is C12H18F3NO. The Kier molecular flexibility index (Phi) is 2.71. The van der Waals surface area contributed by atoms with Gasteiger partial charge < -0.3 is 4.90 Å². The second-order valence-electron chi connectivity index (χ2n) is 6.18. The van der Waals surface area contributed by atoms with E-state index in [0.29, 0.717) is 13.0 Å². The van der Waals surface area contributed by atoms with Crippen molar-refractivity contribution < 1.29 is 18.0 Å². The van der Waals surface area contributed by atoms with Crippen LogP contribution in [0, 0.1) is 23.2 Å². The maximum Gasteiger partial charge on any atom is 0.392 e. The highest BCUT2D eigenvalue weighted by molar-refractivity contribution is 5.81. The number of piperidine rings is 1. The summed E-state index contributed by atoms with van der Waals surface area (Å²) in [5.74, 6) is -1.79. The number of alkyl halides is 3. The third-order valence-electron chi connectivity index (χ3n) is 3.80. The average Bonchev–Trinajstić information content (AvgIpc) is 2.86. The molecule has 2 fully saturated rings. The number of nitrogens with zero attached hydrogens (tertiary/aromatic N) is 1. The maximum absolute atomic E-state index is 12.6. The van der Waals surface area contributed by atoms with Crippen LogP contribution in [0.3, 0.4) is 0 Å². The zero-order valence-electron chi connectivity index (χ0n) is 10.3. The van der Waals surface area contributed by atoms with Gasteiger partial charge in [0.2, 0.25) is 5.91 Å². The number of likely N-dealkylation sites (tertiary alicyclic amines) is 1. The topological polar surface area (TPSA) is 20.3 Å². The van der Waals surface area contributed by atoms with Gasteiger partial charge in [0.1, 0.15) is 0 Å². The minimum atomic E-state index is -4.09. The summed E-state index contributed by atoms with van der Waals surface area (Å²) in [6.07, 6.45) is -3.59. The zero-order chi connectivity index (χ0) is 13.0. The van der Waals surface area contributed by atoms with Gasteiger partial charge in [-0.3, -0.25) is 4.79 Å². The normalized spacial score (nSPS) is 33.3. The van der Waals surface area contributed by atoms with Crippen molar-refractivity contribution in [3.05, 3.63) is 0 Å². The van der Waals surface area contributed by atoms with E-state index in [1.54, 1.807) is 25.7 Å². The Labute approximate surface area is 99.2 Å². The van der Waals surface area contributed by atoms with Gasteiger partial charge >= 0.3 is 6.18 Å². The van der Waals surface area contributed by atoms with Gasteiger partial charge in [0.15, 0.2) is 0 Å². The lowest BCUT2D eigenvalue weighted by molar-refractivity contribution is -0.154. The fourth-order valence-electron chi connectivity index (χ4n) is 2.88. The average molecular weight is 249 g/mol. The lowest BCUT2D eigenvalue weighted by Crippen LogP contribution is -2.43. The van der Waals surface area contributed by atoms with Gasteiger partial charge in [-0.15, -0.1) is 0 Å². The summed E-state index contributed by atoms with van der Waals surface area (Å²) < 4.78 is 37.8. The van der Waals surface area contributed by atoms with E-state index in [9.17, 15) is 18.0 Å². The Morgan fingerprint density at radius 2 is 1.76 bits per heavy atom. The molecule has 2 rings (SSSR count). The number of hydrogen-bond acceptors (Lipinski definition) is 1. The molecule has 98 valence electrons. The minimum absolute atomic E-state index is 0.0382. The standard InChI is InChI=1S/C12H18F3NO/c1-11(2,3)10(17)16-5-4-7-8(6-16)9(7)12(13,14)15/h7-9H,4-6H2,1-3H3. The monoisotopic (exact) mass is 249 g/mol. The molecule has 1 aliphatic heterocycles. The Morgan fingerprint density at radius 3 is 2.24 bits per heavy atom. The summed E-state index contributed by atoms with van der Waals surface area (Å²) in [7, 11) is 0. The van der Waals surface area contributed by atoms with Crippen molar-refractivity contribution in [3.8, 4) is 0 Å². The van der Waals surface area contributed by atoms with E-state index in [4.69, 9.17) is 0 Å². The second kappa shape index (κ2) is 3.62. The third kappa shape index (κ3) is 2.29. The maximum atomic E-state index is 12.6. The van der Waals surface area contributed by atoms with Crippen molar-refractivity contribution >= 4 is 5.91 Å². The molecule has 2 aliphatic rings. The molecule has 1 aliphatic carbocycles. The SMILES string of the molecule is CC(C)(C)C(=O)N1CCC2C(C1)C2C(F)(F)F. The number of carbonyl (C=O) groups excluding carboxylic acids is 1. The van der Waals surface area contributed by atoms with Crippen LogP contribution in [0.1, 0.15) is 27.2 Å². The van der Waals surface area contributed by atoms with E-state index in [2.05, 4.69) is 0 Å². The van der Waals surface area contributed by atoms with Crippen LogP contribution in [0.25, 0.3) is 0 Å². The summed E-state index contributed by atoms with van der Waals surface area (Å²) in [4.78, 5) is 13.6. The van der Waals surface area contributed by atoms with Crippen LogP contribution in [0.5, 0.6) is 0 Å². The molecule has 1 saturated carbocycles. The molecule has 3 atom stereocenters. The fourth-order valence-corrected chi connectivity index (χ4v) is 2.88. The van der Waals surface area contributed by atoms with Crippen LogP contribution in [-0.4, -0.2) is 30.1 Å². The second-order valence-corrected chi connectivity index (χ2v) is 6.18. The molecule has 0 aromatic heterocycles. The summed E-state index contributed by atoms with van der Waals surface area (Å²) in [6.45, 7) is 6.16. The Hall–Kier alpha value is -0.740. The largest absolute Gasteiger partial charge is 0.392 e. The quantitative estimate of drug-likeness (QED) is 0.646. The number of carbonyl (C=O) groups is 1. The molecule has 0 aromatic rings. The van der Waals surface area contributed by atoms with Crippen molar-refractivity contribution in [1.82, 2.24) is 4.90 Å². The molecule has 0 radical (unpaired) electrons. The first kappa shape index (κ1) is 12.7. The van der Waals surface area contributed by atoms with E-state index < -0.39 is 17.5 Å². The van der Waals surface area contributed by atoms with Crippen LogP contribution >= 0.6 is 0 Å². The van der Waals surface area contributed by atoms with E-state index >= 15 is 0 Å². The zero-order valence-corrected chi connectivity index (χ0v) is 10.3. The van der Waals surface area contributed by atoms with Crippen LogP contribution in [0.4, 0.5) is 13.2 Å². The molecule has 0 spiro atoms. The molecule has 17 heavy (non-hydrogen) atoms. The first-order chi connectivity index (χ1) is 7.62. The van der Waals surface area contributed by atoms with Crippen LogP contribution in [0.2, 0.25) is 0 Å². The molecule has 5 heteroatoms. The smallest absolute Gasteiger partial charge is 0.342 e. The molecule has 0 bridgehead atoms.